The van der Waals surface area contributed by atoms with Crippen molar-refractivity contribution in [2.45, 2.75) is 52.2 Å². The van der Waals surface area contributed by atoms with E-state index in [4.69, 9.17) is 0 Å². The Bertz CT molecular complexity index is 997. The Kier molecular flexibility index (Phi) is 7.26. The van der Waals surface area contributed by atoms with Crippen molar-refractivity contribution in [3.05, 3.63) is 64.7 Å². The quantitative estimate of drug-likeness (QED) is 0.542. The molecule has 30 heavy (non-hydrogen) atoms. The van der Waals surface area contributed by atoms with E-state index in [9.17, 15) is 4.79 Å². The van der Waals surface area contributed by atoms with E-state index in [1.807, 2.05) is 26.0 Å². The number of hydrogen-bond donors (Lipinski definition) is 1. The highest BCUT2D eigenvalue weighted by atomic mass is 32.2. The highest BCUT2D eigenvalue weighted by molar-refractivity contribution is 7.99. The number of carbonyl (C=O) groups excluding carboxylic acids is 1. The van der Waals surface area contributed by atoms with Crippen LogP contribution >= 0.6 is 11.8 Å². The van der Waals surface area contributed by atoms with E-state index in [1.165, 1.54) is 22.9 Å². The van der Waals surface area contributed by atoms with Crippen LogP contribution in [0.25, 0.3) is 5.69 Å². The number of carbonyl (C=O) groups is 1. The van der Waals surface area contributed by atoms with Gasteiger partial charge in [-0.05, 0) is 66.3 Å². The van der Waals surface area contributed by atoms with Crippen molar-refractivity contribution in [3.63, 3.8) is 0 Å². The number of tetrazole rings is 1. The fourth-order valence-corrected chi connectivity index (χ4v) is 4.07. The van der Waals surface area contributed by atoms with Gasteiger partial charge in [0.15, 0.2) is 0 Å². The Balaban J connectivity index is 1.58. The van der Waals surface area contributed by atoms with Crippen molar-refractivity contribution in [2.75, 3.05) is 5.75 Å². The molecule has 0 aliphatic heterocycles. The van der Waals surface area contributed by atoms with E-state index >= 15 is 0 Å². The first-order valence-corrected chi connectivity index (χ1v) is 11.2. The van der Waals surface area contributed by atoms with Crippen LogP contribution in [0.4, 0.5) is 0 Å². The Labute approximate surface area is 182 Å². The largest absolute Gasteiger partial charge is 0.349 e. The topological polar surface area (TPSA) is 72.7 Å². The summed E-state index contributed by atoms with van der Waals surface area (Å²) in [7, 11) is 0. The molecule has 0 fully saturated rings. The lowest BCUT2D eigenvalue weighted by Crippen LogP contribution is -2.28. The lowest BCUT2D eigenvalue weighted by Gasteiger charge is -2.15. The fourth-order valence-electron chi connectivity index (χ4n) is 3.37. The Hall–Kier alpha value is -2.67. The minimum absolute atomic E-state index is 0.0473. The van der Waals surface area contributed by atoms with Crippen molar-refractivity contribution < 1.29 is 4.79 Å². The SMILES string of the molecule is Cc1ccc(-n2nnnc2SCC(=O)N[C@@H](C)c2ccc(CC(C)C)cc2)c(C)c1. The average Bonchev–Trinajstić information content (AvgIpc) is 3.14. The van der Waals surface area contributed by atoms with Gasteiger partial charge in [-0.25, -0.2) is 0 Å². The third-order valence-corrected chi connectivity index (χ3v) is 5.77. The lowest BCUT2D eigenvalue weighted by atomic mass is 10.00. The average molecular weight is 424 g/mol. The van der Waals surface area contributed by atoms with Crippen LogP contribution in [0.2, 0.25) is 0 Å². The normalized spacial score (nSPS) is 12.2. The van der Waals surface area contributed by atoms with E-state index < -0.39 is 0 Å². The molecule has 1 N–H and O–H groups in total. The van der Waals surface area contributed by atoms with Gasteiger partial charge in [0.1, 0.15) is 0 Å². The number of hydrogen-bond acceptors (Lipinski definition) is 5. The standard InChI is InChI=1S/C23H29N5OS/c1-15(2)12-19-7-9-20(10-8-19)18(5)24-22(29)14-30-23-25-26-27-28(23)21-11-6-16(3)13-17(21)4/h6-11,13,15,18H,12,14H2,1-5H3,(H,24,29)/t18-/m0/s1. The summed E-state index contributed by atoms with van der Waals surface area (Å²) in [6, 6.07) is 14.5. The highest BCUT2D eigenvalue weighted by Crippen LogP contribution is 2.22. The summed E-state index contributed by atoms with van der Waals surface area (Å²) in [6.45, 7) is 10.5. The van der Waals surface area contributed by atoms with E-state index in [0.29, 0.717) is 11.1 Å². The van der Waals surface area contributed by atoms with Crippen molar-refractivity contribution in [1.29, 1.82) is 0 Å². The molecule has 0 bridgehead atoms. The molecular formula is C23H29N5OS. The minimum atomic E-state index is -0.0541. The van der Waals surface area contributed by atoms with Crippen molar-refractivity contribution in [3.8, 4) is 5.69 Å². The number of aryl methyl sites for hydroxylation is 2. The minimum Gasteiger partial charge on any atom is -0.349 e. The van der Waals surface area contributed by atoms with Gasteiger partial charge in [0.05, 0.1) is 17.5 Å². The van der Waals surface area contributed by atoms with Gasteiger partial charge in [0.2, 0.25) is 11.1 Å². The molecule has 3 rings (SSSR count). The van der Waals surface area contributed by atoms with Gasteiger partial charge in [-0.2, -0.15) is 4.68 Å². The zero-order valence-corrected chi connectivity index (χ0v) is 19.0. The fraction of sp³-hybridized carbons (Fsp3) is 0.391. The lowest BCUT2D eigenvalue weighted by molar-refractivity contribution is -0.119. The molecule has 3 aromatic rings. The third-order valence-electron chi connectivity index (χ3n) is 4.85. The molecule has 1 heterocycles. The van der Waals surface area contributed by atoms with Gasteiger partial charge in [-0.15, -0.1) is 5.10 Å². The summed E-state index contributed by atoms with van der Waals surface area (Å²) >= 11 is 1.33. The maximum absolute atomic E-state index is 12.5. The van der Waals surface area contributed by atoms with E-state index in [2.05, 4.69) is 71.9 Å². The second-order valence-electron chi connectivity index (χ2n) is 8.08. The molecule has 0 unspecified atom stereocenters. The Morgan fingerprint density at radius 1 is 1.10 bits per heavy atom. The van der Waals surface area contributed by atoms with Crippen molar-refractivity contribution in [1.82, 2.24) is 25.5 Å². The number of nitrogens with one attached hydrogen (secondary N) is 1. The van der Waals surface area contributed by atoms with Crippen LogP contribution < -0.4 is 5.32 Å². The summed E-state index contributed by atoms with van der Waals surface area (Å²) in [6.07, 6.45) is 1.06. The summed E-state index contributed by atoms with van der Waals surface area (Å²) < 4.78 is 1.68. The maximum atomic E-state index is 12.5. The van der Waals surface area contributed by atoms with Crippen LogP contribution in [0, 0.1) is 19.8 Å². The second kappa shape index (κ2) is 9.89. The second-order valence-corrected chi connectivity index (χ2v) is 9.02. The summed E-state index contributed by atoms with van der Waals surface area (Å²) in [5.41, 5.74) is 5.61. The number of thioether (sulfide) groups is 1. The van der Waals surface area contributed by atoms with Gasteiger partial charge in [-0.1, -0.05) is 67.6 Å². The monoisotopic (exact) mass is 423 g/mol. The Morgan fingerprint density at radius 3 is 2.50 bits per heavy atom. The molecule has 2 aromatic carbocycles. The van der Waals surface area contributed by atoms with E-state index in [-0.39, 0.29) is 17.7 Å². The molecule has 1 amide bonds. The number of aromatic nitrogens is 4. The van der Waals surface area contributed by atoms with Crippen LogP contribution in [0.1, 0.15) is 49.1 Å². The zero-order valence-electron chi connectivity index (χ0n) is 18.2. The zero-order chi connectivity index (χ0) is 21.7. The number of rotatable bonds is 8. The Morgan fingerprint density at radius 2 is 1.83 bits per heavy atom. The molecule has 0 saturated heterocycles. The maximum Gasteiger partial charge on any atom is 0.230 e. The first kappa shape index (κ1) is 22.0. The van der Waals surface area contributed by atoms with Crippen LogP contribution in [0.3, 0.4) is 0 Å². The number of nitrogens with zero attached hydrogens (tertiary/aromatic N) is 4. The molecule has 0 aliphatic carbocycles. The first-order chi connectivity index (χ1) is 14.3. The predicted octanol–water partition coefficient (Wildman–Crippen LogP) is 4.45. The van der Waals surface area contributed by atoms with Crippen molar-refractivity contribution >= 4 is 17.7 Å². The van der Waals surface area contributed by atoms with E-state index in [0.717, 1.165) is 23.2 Å². The molecule has 0 spiro atoms. The highest BCUT2D eigenvalue weighted by Gasteiger charge is 2.15. The molecule has 0 radical (unpaired) electrons. The summed E-state index contributed by atoms with van der Waals surface area (Å²) in [5.74, 6) is 0.834. The van der Waals surface area contributed by atoms with Gasteiger partial charge in [0, 0.05) is 0 Å². The van der Waals surface area contributed by atoms with Gasteiger partial charge < -0.3 is 5.32 Å². The van der Waals surface area contributed by atoms with Crippen LogP contribution in [-0.4, -0.2) is 31.9 Å². The van der Waals surface area contributed by atoms with Crippen LogP contribution in [0.5, 0.6) is 0 Å². The smallest absolute Gasteiger partial charge is 0.230 e. The third kappa shape index (κ3) is 5.69. The number of benzene rings is 2. The molecule has 1 atom stereocenters. The molecule has 0 aliphatic rings. The molecule has 1 aromatic heterocycles. The van der Waals surface area contributed by atoms with Crippen LogP contribution in [0.15, 0.2) is 47.6 Å². The van der Waals surface area contributed by atoms with Gasteiger partial charge >= 0.3 is 0 Å². The molecule has 6 nitrogen and oxygen atoms in total. The van der Waals surface area contributed by atoms with Gasteiger partial charge in [0.25, 0.3) is 0 Å². The van der Waals surface area contributed by atoms with Crippen LogP contribution in [-0.2, 0) is 11.2 Å². The molecule has 7 heteroatoms. The summed E-state index contributed by atoms with van der Waals surface area (Å²) in [5, 5.41) is 15.6. The molecule has 0 saturated carbocycles. The van der Waals surface area contributed by atoms with E-state index in [1.54, 1.807) is 4.68 Å². The molecular weight excluding hydrogens is 394 g/mol. The van der Waals surface area contributed by atoms with Gasteiger partial charge in [-0.3, -0.25) is 4.79 Å². The summed E-state index contributed by atoms with van der Waals surface area (Å²) in [4.78, 5) is 12.5. The molecule has 158 valence electrons. The van der Waals surface area contributed by atoms with Crippen molar-refractivity contribution in [2.24, 2.45) is 5.92 Å². The number of amides is 1. The first-order valence-electron chi connectivity index (χ1n) is 10.2. The predicted molar refractivity (Wildman–Crippen MR) is 121 cm³/mol.